The van der Waals surface area contributed by atoms with Crippen molar-refractivity contribution in [2.24, 2.45) is 0 Å². The van der Waals surface area contributed by atoms with E-state index in [2.05, 4.69) is 15.0 Å². The molecule has 1 aliphatic rings. The maximum atomic E-state index is 12.3. The first-order valence-electron chi connectivity index (χ1n) is 6.35. The zero-order valence-corrected chi connectivity index (χ0v) is 10.8. The predicted octanol–water partition coefficient (Wildman–Crippen LogP) is 0.587. The number of carbonyl (C=O) groups excluding carboxylic acids is 1. The molecule has 0 saturated carbocycles. The van der Waals surface area contributed by atoms with Crippen LogP contribution in [-0.2, 0) is 0 Å². The van der Waals surface area contributed by atoms with Crippen LogP contribution in [0.2, 0.25) is 0 Å². The highest BCUT2D eigenvalue weighted by Gasteiger charge is 2.27. The predicted molar refractivity (Wildman–Crippen MR) is 66.1 cm³/mol. The number of nitrogens with zero attached hydrogens (tertiary/aromatic N) is 2. The van der Waals surface area contributed by atoms with Gasteiger partial charge in [0.1, 0.15) is 0 Å². The number of aromatic nitrogens is 1. The van der Waals surface area contributed by atoms with E-state index >= 15 is 0 Å². The molecule has 0 radical (unpaired) electrons. The van der Waals surface area contributed by atoms with Crippen molar-refractivity contribution in [3.63, 3.8) is 0 Å². The summed E-state index contributed by atoms with van der Waals surface area (Å²) in [7, 11) is 0. The standard InChI is InChI=1S/C12H17N3O4/c1-2-15(8-3-5-13-6-4-8)11(16)9-7-10(12(17)18)19-14-9/h7-8,13H,2-6H2,1H3,(H,17,18). The number of rotatable bonds is 4. The molecular formula is C12H17N3O4. The Kier molecular flexibility index (Phi) is 4.16. The fourth-order valence-corrected chi connectivity index (χ4v) is 2.31. The SMILES string of the molecule is CCN(C(=O)c1cc(C(=O)O)on1)C1CCNCC1. The van der Waals surface area contributed by atoms with Crippen LogP contribution in [0.15, 0.2) is 10.6 Å². The van der Waals surface area contributed by atoms with Crippen molar-refractivity contribution in [2.75, 3.05) is 19.6 Å². The molecule has 1 amide bonds. The van der Waals surface area contributed by atoms with Crippen LogP contribution in [0, 0.1) is 0 Å². The van der Waals surface area contributed by atoms with E-state index in [1.807, 2.05) is 6.92 Å². The Bertz CT molecular complexity index is 465. The van der Waals surface area contributed by atoms with Gasteiger partial charge in [0.2, 0.25) is 5.76 Å². The molecule has 0 spiro atoms. The molecule has 0 unspecified atom stereocenters. The van der Waals surface area contributed by atoms with Crippen LogP contribution in [0.1, 0.15) is 40.8 Å². The maximum absolute atomic E-state index is 12.3. The molecule has 0 aliphatic carbocycles. The third-order valence-electron chi connectivity index (χ3n) is 3.29. The highest BCUT2D eigenvalue weighted by Crippen LogP contribution is 2.15. The number of nitrogens with one attached hydrogen (secondary N) is 1. The van der Waals surface area contributed by atoms with Crippen molar-refractivity contribution in [1.82, 2.24) is 15.4 Å². The van der Waals surface area contributed by atoms with Gasteiger partial charge in [-0.1, -0.05) is 5.16 Å². The van der Waals surface area contributed by atoms with E-state index in [9.17, 15) is 9.59 Å². The second-order valence-corrected chi connectivity index (χ2v) is 4.45. The van der Waals surface area contributed by atoms with Gasteiger partial charge in [0.25, 0.3) is 5.91 Å². The zero-order valence-electron chi connectivity index (χ0n) is 10.8. The Morgan fingerprint density at radius 3 is 2.74 bits per heavy atom. The first kappa shape index (κ1) is 13.5. The van der Waals surface area contributed by atoms with Crippen molar-refractivity contribution in [3.8, 4) is 0 Å². The van der Waals surface area contributed by atoms with Crippen molar-refractivity contribution in [2.45, 2.75) is 25.8 Å². The largest absolute Gasteiger partial charge is 0.475 e. The zero-order chi connectivity index (χ0) is 13.8. The summed E-state index contributed by atoms with van der Waals surface area (Å²) < 4.78 is 4.62. The summed E-state index contributed by atoms with van der Waals surface area (Å²) in [6.45, 7) is 4.23. The monoisotopic (exact) mass is 267 g/mol. The lowest BCUT2D eigenvalue weighted by molar-refractivity contribution is 0.0629. The Morgan fingerprint density at radius 1 is 1.53 bits per heavy atom. The molecule has 1 aliphatic heterocycles. The van der Waals surface area contributed by atoms with Crippen molar-refractivity contribution < 1.29 is 19.2 Å². The molecule has 0 bridgehead atoms. The number of carbonyl (C=O) groups is 2. The number of amides is 1. The average molecular weight is 267 g/mol. The molecule has 1 fully saturated rings. The number of carboxylic acids is 1. The molecule has 104 valence electrons. The van der Waals surface area contributed by atoms with Gasteiger partial charge in [-0.3, -0.25) is 4.79 Å². The number of hydrogen-bond acceptors (Lipinski definition) is 5. The molecule has 1 aromatic rings. The van der Waals surface area contributed by atoms with Crippen molar-refractivity contribution in [3.05, 3.63) is 17.5 Å². The van der Waals surface area contributed by atoms with E-state index in [1.54, 1.807) is 4.90 Å². The summed E-state index contributed by atoms with van der Waals surface area (Å²) in [6.07, 6.45) is 1.78. The first-order chi connectivity index (χ1) is 9.13. The Labute approximate surface area is 110 Å². The van der Waals surface area contributed by atoms with E-state index in [1.165, 1.54) is 6.07 Å². The van der Waals surface area contributed by atoms with Crippen LogP contribution in [0.25, 0.3) is 0 Å². The van der Waals surface area contributed by atoms with Gasteiger partial charge in [0.05, 0.1) is 0 Å². The van der Waals surface area contributed by atoms with E-state index < -0.39 is 5.97 Å². The highest BCUT2D eigenvalue weighted by atomic mass is 16.5. The van der Waals surface area contributed by atoms with Crippen LogP contribution >= 0.6 is 0 Å². The summed E-state index contributed by atoms with van der Waals surface area (Å²) in [6, 6.07) is 1.35. The number of hydrogen-bond donors (Lipinski definition) is 2. The van der Waals surface area contributed by atoms with Gasteiger partial charge in [0.15, 0.2) is 5.69 Å². The number of carboxylic acid groups (broad SMARTS) is 1. The van der Waals surface area contributed by atoms with Gasteiger partial charge < -0.3 is 19.8 Å². The van der Waals surface area contributed by atoms with Gasteiger partial charge in [-0.15, -0.1) is 0 Å². The average Bonchev–Trinajstić information content (AvgIpc) is 2.90. The van der Waals surface area contributed by atoms with Gasteiger partial charge in [0, 0.05) is 18.7 Å². The van der Waals surface area contributed by atoms with E-state index in [4.69, 9.17) is 5.11 Å². The molecule has 2 heterocycles. The smallest absolute Gasteiger partial charge is 0.374 e. The lowest BCUT2D eigenvalue weighted by Gasteiger charge is -2.33. The van der Waals surface area contributed by atoms with E-state index in [0.717, 1.165) is 25.9 Å². The van der Waals surface area contributed by atoms with Crippen LogP contribution in [0.3, 0.4) is 0 Å². The van der Waals surface area contributed by atoms with Crippen LogP contribution in [-0.4, -0.2) is 52.7 Å². The first-order valence-corrected chi connectivity index (χ1v) is 6.35. The van der Waals surface area contributed by atoms with Gasteiger partial charge >= 0.3 is 5.97 Å². The second-order valence-electron chi connectivity index (χ2n) is 4.45. The Hall–Kier alpha value is -1.89. The Balaban J connectivity index is 2.12. The fraction of sp³-hybridized carbons (Fsp3) is 0.583. The minimum absolute atomic E-state index is 0.0535. The van der Waals surface area contributed by atoms with Crippen LogP contribution in [0.5, 0.6) is 0 Å². The molecule has 1 saturated heterocycles. The summed E-state index contributed by atoms with van der Waals surface area (Å²) >= 11 is 0. The second kappa shape index (κ2) is 5.83. The van der Waals surface area contributed by atoms with E-state index in [0.29, 0.717) is 6.54 Å². The van der Waals surface area contributed by atoms with Gasteiger partial charge in [-0.25, -0.2) is 4.79 Å². The molecule has 2 N–H and O–H groups in total. The third kappa shape index (κ3) is 2.93. The molecule has 7 nitrogen and oxygen atoms in total. The molecule has 2 rings (SSSR count). The van der Waals surface area contributed by atoms with Crippen molar-refractivity contribution >= 4 is 11.9 Å². The fourth-order valence-electron chi connectivity index (χ4n) is 2.31. The number of piperidine rings is 1. The summed E-state index contributed by atoms with van der Waals surface area (Å²) in [5.41, 5.74) is 0.0535. The summed E-state index contributed by atoms with van der Waals surface area (Å²) in [5.74, 6) is -1.81. The van der Waals surface area contributed by atoms with Gasteiger partial charge in [-0.05, 0) is 32.9 Å². The quantitative estimate of drug-likeness (QED) is 0.828. The minimum atomic E-state index is -1.23. The van der Waals surface area contributed by atoms with E-state index in [-0.39, 0.29) is 23.4 Å². The number of aromatic carboxylic acids is 1. The molecule has 0 atom stereocenters. The van der Waals surface area contributed by atoms with Crippen LogP contribution in [0.4, 0.5) is 0 Å². The highest BCUT2D eigenvalue weighted by molar-refractivity contribution is 5.95. The lowest BCUT2D eigenvalue weighted by atomic mass is 10.0. The molecule has 19 heavy (non-hydrogen) atoms. The van der Waals surface area contributed by atoms with Crippen LogP contribution < -0.4 is 5.32 Å². The molecule has 1 aromatic heterocycles. The third-order valence-corrected chi connectivity index (χ3v) is 3.29. The molecule has 0 aromatic carbocycles. The Morgan fingerprint density at radius 2 is 2.21 bits per heavy atom. The van der Waals surface area contributed by atoms with Gasteiger partial charge in [-0.2, -0.15) is 0 Å². The minimum Gasteiger partial charge on any atom is -0.475 e. The summed E-state index contributed by atoms with van der Waals surface area (Å²) in [4.78, 5) is 24.7. The van der Waals surface area contributed by atoms with Crippen molar-refractivity contribution in [1.29, 1.82) is 0 Å². The maximum Gasteiger partial charge on any atom is 0.374 e. The topological polar surface area (TPSA) is 95.7 Å². The normalized spacial score (nSPS) is 16.3. The lowest BCUT2D eigenvalue weighted by Crippen LogP contribution is -2.46. The molecular weight excluding hydrogens is 250 g/mol. The molecule has 7 heteroatoms. The summed E-state index contributed by atoms with van der Waals surface area (Å²) in [5, 5.41) is 15.5.